The number of methoxy groups -OCH3 is 1. The molecular weight excluding hydrogens is 281 g/mol. The second-order valence-electron chi connectivity index (χ2n) is 5.99. The van der Waals surface area contributed by atoms with Crippen LogP contribution in [0.2, 0.25) is 0 Å². The molecule has 1 aliphatic heterocycles. The van der Waals surface area contributed by atoms with Gasteiger partial charge in [-0.3, -0.25) is 4.90 Å². The van der Waals surface area contributed by atoms with Gasteiger partial charge in [0.15, 0.2) is 11.6 Å². The van der Waals surface area contributed by atoms with Gasteiger partial charge in [-0.2, -0.15) is 0 Å². The first-order valence-electron chi connectivity index (χ1n) is 7.72. The van der Waals surface area contributed by atoms with Gasteiger partial charge < -0.3 is 9.72 Å². The molecule has 0 aliphatic carbocycles. The van der Waals surface area contributed by atoms with E-state index in [0.29, 0.717) is 11.7 Å². The highest BCUT2D eigenvalue weighted by Gasteiger charge is 2.23. The number of ether oxygens (including phenoxy) is 1. The van der Waals surface area contributed by atoms with Crippen LogP contribution in [0.15, 0.2) is 24.4 Å². The molecule has 1 aromatic heterocycles. The molecule has 2 aromatic rings. The molecule has 1 fully saturated rings. The number of nitrogens with one attached hydrogen (secondary N) is 1. The van der Waals surface area contributed by atoms with E-state index in [9.17, 15) is 4.39 Å². The summed E-state index contributed by atoms with van der Waals surface area (Å²) in [5.41, 5.74) is 2.19. The van der Waals surface area contributed by atoms with Crippen LogP contribution in [-0.4, -0.2) is 35.1 Å². The van der Waals surface area contributed by atoms with Crippen molar-refractivity contribution in [3.05, 3.63) is 47.3 Å². The predicted octanol–water partition coefficient (Wildman–Crippen LogP) is 3.25. The molecule has 0 spiro atoms. The van der Waals surface area contributed by atoms with Crippen LogP contribution in [0.5, 0.6) is 5.75 Å². The number of aromatic amines is 1. The molecular formula is C17H22FN3O. The highest BCUT2D eigenvalue weighted by molar-refractivity contribution is 5.30. The molecule has 0 amide bonds. The Labute approximate surface area is 130 Å². The van der Waals surface area contributed by atoms with Crippen molar-refractivity contribution in [2.24, 2.45) is 0 Å². The van der Waals surface area contributed by atoms with Crippen LogP contribution in [-0.2, 0) is 6.54 Å². The van der Waals surface area contributed by atoms with Crippen molar-refractivity contribution in [2.75, 3.05) is 20.2 Å². The third-order valence-corrected chi connectivity index (χ3v) is 4.24. The summed E-state index contributed by atoms with van der Waals surface area (Å²) in [6.45, 7) is 4.89. The van der Waals surface area contributed by atoms with Gasteiger partial charge in [0.25, 0.3) is 0 Å². The maximum Gasteiger partial charge on any atom is 0.165 e. The maximum atomic E-state index is 13.5. The molecule has 1 saturated heterocycles. The van der Waals surface area contributed by atoms with Gasteiger partial charge in [-0.15, -0.1) is 0 Å². The van der Waals surface area contributed by atoms with E-state index in [0.717, 1.165) is 49.6 Å². The summed E-state index contributed by atoms with van der Waals surface area (Å²) in [5.74, 6) is 1.53. The minimum Gasteiger partial charge on any atom is -0.494 e. The zero-order valence-corrected chi connectivity index (χ0v) is 13.1. The monoisotopic (exact) mass is 303 g/mol. The van der Waals surface area contributed by atoms with Gasteiger partial charge in [-0.05, 0) is 44.0 Å². The minimum absolute atomic E-state index is 0.311. The topological polar surface area (TPSA) is 41.1 Å². The summed E-state index contributed by atoms with van der Waals surface area (Å²) in [7, 11) is 1.50. The van der Waals surface area contributed by atoms with E-state index in [1.54, 1.807) is 6.07 Å². The first-order valence-corrected chi connectivity index (χ1v) is 7.72. The maximum absolute atomic E-state index is 13.5. The Bertz CT molecular complexity index is 641. The first kappa shape index (κ1) is 15.0. The number of piperidine rings is 1. The Balaban J connectivity index is 1.67. The zero-order valence-electron chi connectivity index (χ0n) is 13.1. The van der Waals surface area contributed by atoms with Crippen molar-refractivity contribution in [3.8, 4) is 5.75 Å². The molecule has 0 unspecified atom stereocenters. The van der Waals surface area contributed by atoms with E-state index in [1.165, 1.54) is 13.2 Å². The molecule has 0 radical (unpaired) electrons. The van der Waals surface area contributed by atoms with Crippen LogP contribution in [0.1, 0.15) is 35.8 Å². The lowest BCUT2D eigenvalue weighted by molar-refractivity contribution is 0.196. The highest BCUT2D eigenvalue weighted by Crippen LogP contribution is 2.27. The second kappa shape index (κ2) is 6.48. The van der Waals surface area contributed by atoms with Gasteiger partial charge >= 0.3 is 0 Å². The summed E-state index contributed by atoms with van der Waals surface area (Å²) >= 11 is 0. The average Bonchev–Trinajstić information content (AvgIpc) is 2.96. The number of benzene rings is 1. The molecule has 2 heterocycles. The lowest BCUT2D eigenvalue weighted by Crippen LogP contribution is -2.34. The molecule has 0 saturated carbocycles. The average molecular weight is 303 g/mol. The fraction of sp³-hybridized carbons (Fsp3) is 0.471. The molecule has 1 aliphatic rings. The van der Waals surface area contributed by atoms with Crippen molar-refractivity contribution in [3.63, 3.8) is 0 Å². The minimum atomic E-state index is -0.311. The molecule has 0 bridgehead atoms. The lowest BCUT2D eigenvalue weighted by atomic mass is 9.97. The van der Waals surface area contributed by atoms with Crippen molar-refractivity contribution in [2.45, 2.75) is 32.2 Å². The molecule has 5 heteroatoms. The van der Waals surface area contributed by atoms with Crippen molar-refractivity contribution in [1.82, 2.24) is 14.9 Å². The van der Waals surface area contributed by atoms with E-state index in [4.69, 9.17) is 4.74 Å². The molecule has 118 valence electrons. The van der Waals surface area contributed by atoms with E-state index in [-0.39, 0.29) is 5.82 Å². The summed E-state index contributed by atoms with van der Waals surface area (Å²) in [4.78, 5) is 10.2. The number of hydrogen-bond donors (Lipinski definition) is 1. The van der Waals surface area contributed by atoms with Gasteiger partial charge in [-0.25, -0.2) is 9.37 Å². The number of nitrogens with zero attached hydrogens (tertiary/aromatic N) is 2. The smallest absolute Gasteiger partial charge is 0.165 e. The molecule has 1 aromatic carbocycles. The van der Waals surface area contributed by atoms with Crippen LogP contribution in [0.25, 0.3) is 0 Å². The fourth-order valence-corrected chi connectivity index (χ4v) is 3.12. The van der Waals surface area contributed by atoms with E-state index < -0.39 is 0 Å². The third-order valence-electron chi connectivity index (χ3n) is 4.24. The Kier molecular flexibility index (Phi) is 4.43. The van der Waals surface area contributed by atoms with Crippen molar-refractivity contribution < 1.29 is 9.13 Å². The van der Waals surface area contributed by atoms with E-state index in [2.05, 4.69) is 14.9 Å². The Hall–Kier alpha value is -1.88. The van der Waals surface area contributed by atoms with Crippen LogP contribution >= 0.6 is 0 Å². The normalized spacial score (nSPS) is 19.3. The number of H-pyrrole nitrogens is 1. The molecule has 1 atom stereocenters. The number of aromatic nitrogens is 2. The number of aryl methyl sites for hydroxylation is 1. The van der Waals surface area contributed by atoms with Gasteiger partial charge in [0.05, 0.1) is 7.11 Å². The summed E-state index contributed by atoms with van der Waals surface area (Å²) in [6, 6.07) is 5.10. The van der Waals surface area contributed by atoms with Gasteiger partial charge in [0.2, 0.25) is 0 Å². The number of imidazole rings is 1. The predicted molar refractivity (Wildman–Crippen MR) is 83.5 cm³/mol. The van der Waals surface area contributed by atoms with Gasteiger partial charge in [0, 0.05) is 30.9 Å². The van der Waals surface area contributed by atoms with Crippen LogP contribution in [0.3, 0.4) is 0 Å². The van der Waals surface area contributed by atoms with Crippen LogP contribution < -0.4 is 4.74 Å². The fourth-order valence-electron chi connectivity index (χ4n) is 3.12. The van der Waals surface area contributed by atoms with Gasteiger partial charge in [0.1, 0.15) is 5.82 Å². The number of halogens is 1. The molecule has 4 nitrogen and oxygen atoms in total. The largest absolute Gasteiger partial charge is 0.494 e. The lowest BCUT2D eigenvalue weighted by Gasteiger charge is -2.31. The Morgan fingerprint density at radius 1 is 1.45 bits per heavy atom. The molecule has 3 rings (SSSR count). The quantitative estimate of drug-likeness (QED) is 0.942. The first-order chi connectivity index (χ1) is 10.7. The number of likely N-dealkylation sites (tertiary alicyclic amines) is 1. The van der Waals surface area contributed by atoms with Crippen molar-refractivity contribution in [1.29, 1.82) is 0 Å². The Morgan fingerprint density at radius 2 is 2.32 bits per heavy atom. The summed E-state index contributed by atoms with van der Waals surface area (Å²) < 4.78 is 18.5. The number of rotatable bonds is 4. The third kappa shape index (κ3) is 3.30. The standard InChI is InChI=1S/C17H22FN3O/c1-12-9-19-17(20-12)14-4-3-7-21(11-14)10-13-5-6-15(18)16(8-13)22-2/h5-6,8-9,14H,3-4,7,10-11H2,1-2H3,(H,19,20)/t14-/m0/s1. The summed E-state index contributed by atoms with van der Waals surface area (Å²) in [6.07, 6.45) is 4.21. The van der Waals surface area contributed by atoms with Crippen molar-refractivity contribution >= 4 is 0 Å². The SMILES string of the molecule is COc1cc(CN2CCC[C@H](c3ncc(C)[nH]3)C2)ccc1F. The van der Waals surface area contributed by atoms with E-state index in [1.807, 2.05) is 19.2 Å². The second-order valence-corrected chi connectivity index (χ2v) is 5.99. The Morgan fingerprint density at radius 3 is 3.05 bits per heavy atom. The molecule has 1 N–H and O–H groups in total. The van der Waals surface area contributed by atoms with Gasteiger partial charge in [-0.1, -0.05) is 6.07 Å². The highest BCUT2D eigenvalue weighted by atomic mass is 19.1. The van der Waals surface area contributed by atoms with Crippen LogP contribution in [0, 0.1) is 12.7 Å². The zero-order chi connectivity index (χ0) is 15.5. The van der Waals surface area contributed by atoms with E-state index >= 15 is 0 Å². The number of hydrogen-bond acceptors (Lipinski definition) is 3. The summed E-state index contributed by atoms with van der Waals surface area (Å²) in [5, 5.41) is 0. The van der Waals surface area contributed by atoms with Crippen LogP contribution in [0.4, 0.5) is 4.39 Å². The molecule has 22 heavy (non-hydrogen) atoms.